The zero-order valence-corrected chi connectivity index (χ0v) is 14.6. The summed E-state index contributed by atoms with van der Waals surface area (Å²) in [6.45, 7) is 2.46. The van der Waals surface area contributed by atoms with Crippen LogP contribution in [0.2, 0.25) is 0 Å². The average Bonchev–Trinajstić information content (AvgIpc) is 2.59. The van der Waals surface area contributed by atoms with Crippen molar-refractivity contribution < 1.29 is 4.79 Å². The minimum Gasteiger partial charge on any atom is -0.306 e. The van der Waals surface area contributed by atoms with Gasteiger partial charge in [-0.3, -0.25) is 4.79 Å². The predicted molar refractivity (Wildman–Crippen MR) is 95.9 cm³/mol. The van der Waals surface area contributed by atoms with E-state index in [0.717, 1.165) is 16.1 Å². The summed E-state index contributed by atoms with van der Waals surface area (Å²) < 4.78 is 0. The van der Waals surface area contributed by atoms with E-state index in [0.29, 0.717) is 12.1 Å². The highest BCUT2D eigenvalue weighted by Crippen LogP contribution is 2.40. The number of nitriles is 1. The van der Waals surface area contributed by atoms with Crippen LogP contribution in [0, 0.1) is 11.3 Å². The topological polar surface area (TPSA) is 44.1 Å². The van der Waals surface area contributed by atoms with E-state index < -0.39 is 0 Å². The first-order valence-corrected chi connectivity index (χ1v) is 9.38. The van der Waals surface area contributed by atoms with Crippen molar-refractivity contribution in [2.75, 3.05) is 11.2 Å². The fourth-order valence-corrected chi connectivity index (χ4v) is 4.01. The summed E-state index contributed by atoms with van der Waals surface area (Å²) in [5.41, 5.74) is 2.50. The van der Waals surface area contributed by atoms with Crippen molar-refractivity contribution >= 4 is 35.1 Å². The van der Waals surface area contributed by atoms with Crippen molar-refractivity contribution in [3.05, 3.63) is 53.6 Å². The minimum atomic E-state index is -0.110. The quantitative estimate of drug-likeness (QED) is 0.781. The third-order valence-electron chi connectivity index (χ3n) is 3.80. The smallest absolute Gasteiger partial charge is 0.240 e. The zero-order valence-electron chi connectivity index (χ0n) is 12.9. The molecule has 0 aromatic heterocycles. The van der Waals surface area contributed by atoms with E-state index >= 15 is 0 Å². The number of fused-ring (bicyclic) bond motifs is 1. The normalized spacial score (nSPS) is 16.8. The van der Waals surface area contributed by atoms with Gasteiger partial charge in [0.15, 0.2) is 0 Å². The second-order valence-electron chi connectivity index (χ2n) is 5.33. The van der Waals surface area contributed by atoms with Crippen LogP contribution in [0.15, 0.2) is 52.3 Å². The van der Waals surface area contributed by atoms with Crippen LogP contribution < -0.4 is 4.90 Å². The highest BCUT2D eigenvalue weighted by Gasteiger charge is 2.30. The van der Waals surface area contributed by atoms with Gasteiger partial charge in [0.25, 0.3) is 0 Å². The lowest BCUT2D eigenvalue weighted by molar-refractivity contribution is -0.118. The highest BCUT2D eigenvalue weighted by molar-refractivity contribution is 8.01. The summed E-state index contributed by atoms with van der Waals surface area (Å²) in [5.74, 6) is 0.0894. The summed E-state index contributed by atoms with van der Waals surface area (Å²) in [4.78, 5) is 16.7. The Kier molecular flexibility index (Phi) is 4.65. The number of hydrogen-bond donors (Lipinski definition) is 0. The van der Waals surface area contributed by atoms with E-state index in [9.17, 15) is 4.79 Å². The van der Waals surface area contributed by atoms with Crippen molar-refractivity contribution in [2.45, 2.75) is 28.5 Å². The molecule has 1 unspecified atom stereocenters. The Balaban J connectivity index is 1.96. The average molecular weight is 340 g/mol. The fraction of sp³-hybridized carbons (Fsp3) is 0.222. The largest absolute Gasteiger partial charge is 0.306 e. The Hall–Kier alpha value is -1.90. The van der Waals surface area contributed by atoms with Gasteiger partial charge in [-0.05, 0) is 49.1 Å². The van der Waals surface area contributed by atoms with Gasteiger partial charge in [0.2, 0.25) is 5.91 Å². The van der Waals surface area contributed by atoms with Crippen LogP contribution >= 0.6 is 23.5 Å². The fourth-order valence-electron chi connectivity index (χ4n) is 2.55. The van der Waals surface area contributed by atoms with Crippen LogP contribution in [0.4, 0.5) is 5.69 Å². The Bertz CT molecular complexity index is 781. The van der Waals surface area contributed by atoms with Gasteiger partial charge in [-0.2, -0.15) is 5.26 Å². The van der Waals surface area contributed by atoms with E-state index in [2.05, 4.69) is 30.3 Å². The second kappa shape index (κ2) is 6.69. The van der Waals surface area contributed by atoms with Gasteiger partial charge in [-0.1, -0.05) is 12.1 Å². The highest BCUT2D eigenvalue weighted by atomic mass is 32.2. The van der Waals surface area contributed by atoms with Crippen LogP contribution in [0.1, 0.15) is 18.1 Å². The van der Waals surface area contributed by atoms with E-state index in [4.69, 9.17) is 5.26 Å². The van der Waals surface area contributed by atoms with E-state index in [1.165, 1.54) is 4.90 Å². The van der Waals surface area contributed by atoms with E-state index in [1.807, 2.05) is 25.3 Å². The van der Waals surface area contributed by atoms with Gasteiger partial charge in [-0.25, -0.2) is 0 Å². The van der Waals surface area contributed by atoms with E-state index in [-0.39, 0.29) is 11.2 Å². The van der Waals surface area contributed by atoms with Crippen LogP contribution in [-0.4, -0.2) is 17.4 Å². The van der Waals surface area contributed by atoms with Crippen LogP contribution in [0.25, 0.3) is 0 Å². The SMILES string of the molecule is CSc1ccc(CN2C(=O)C(C)Sc3ccc(C#N)cc32)cc1. The number of nitrogens with zero attached hydrogens (tertiary/aromatic N) is 2. The molecule has 23 heavy (non-hydrogen) atoms. The maximum atomic E-state index is 12.6. The maximum Gasteiger partial charge on any atom is 0.240 e. The summed E-state index contributed by atoms with van der Waals surface area (Å²) in [7, 11) is 0. The number of amides is 1. The molecule has 0 bridgehead atoms. The van der Waals surface area contributed by atoms with Crippen molar-refractivity contribution in [1.29, 1.82) is 5.26 Å². The first kappa shape index (κ1) is 16.0. The molecule has 5 heteroatoms. The Morgan fingerprint density at radius 2 is 2.00 bits per heavy atom. The molecule has 1 amide bonds. The van der Waals surface area contributed by atoms with Crippen LogP contribution in [-0.2, 0) is 11.3 Å². The number of carbonyl (C=O) groups excluding carboxylic acids is 1. The van der Waals surface area contributed by atoms with Gasteiger partial charge in [-0.15, -0.1) is 23.5 Å². The lowest BCUT2D eigenvalue weighted by Crippen LogP contribution is -2.39. The molecule has 0 spiro atoms. The van der Waals surface area contributed by atoms with Crippen LogP contribution in [0.5, 0.6) is 0 Å². The van der Waals surface area contributed by atoms with Gasteiger partial charge in [0.1, 0.15) is 0 Å². The maximum absolute atomic E-state index is 12.6. The molecule has 2 aromatic carbocycles. The summed E-state index contributed by atoms with van der Waals surface area (Å²) in [6, 6.07) is 15.9. The molecule has 0 aliphatic carbocycles. The van der Waals surface area contributed by atoms with E-state index in [1.54, 1.807) is 34.5 Å². The molecule has 0 saturated heterocycles. The molecule has 0 N–H and O–H groups in total. The Morgan fingerprint density at radius 3 is 2.65 bits per heavy atom. The number of anilines is 1. The molecule has 0 fully saturated rings. The molecule has 1 heterocycles. The van der Waals surface area contributed by atoms with Gasteiger partial charge in [0.05, 0.1) is 29.1 Å². The third-order valence-corrected chi connectivity index (χ3v) is 5.69. The monoisotopic (exact) mass is 340 g/mol. The summed E-state index contributed by atoms with van der Waals surface area (Å²) in [6.07, 6.45) is 2.04. The predicted octanol–water partition coefficient (Wildman–Crippen LogP) is 4.31. The lowest BCUT2D eigenvalue weighted by atomic mass is 10.1. The number of thioether (sulfide) groups is 2. The third kappa shape index (κ3) is 3.24. The van der Waals surface area contributed by atoms with Crippen molar-refractivity contribution in [3.8, 4) is 6.07 Å². The number of benzene rings is 2. The molecule has 1 atom stereocenters. The second-order valence-corrected chi connectivity index (χ2v) is 7.59. The first-order valence-electron chi connectivity index (χ1n) is 7.27. The van der Waals surface area contributed by atoms with Gasteiger partial charge < -0.3 is 4.90 Å². The Morgan fingerprint density at radius 1 is 1.26 bits per heavy atom. The van der Waals surface area contributed by atoms with Crippen molar-refractivity contribution in [3.63, 3.8) is 0 Å². The standard InChI is InChI=1S/C18H16N2OS2/c1-12-18(21)20(11-13-3-6-15(22-2)7-4-13)16-9-14(10-19)5-8-17(16)23-12/h3-9,12H,11H2,1-2H3. The first-order chi connectivity index (χ1) is 11.1. The molecular formula is C18H16N2OS2. The minimum absolute atomic E-state index is 0.0894. The molecular weight excluding hydrogens is 324 g/mol. The molecule has 3 nitrogen and oxygen atoms in total. The molecule has 0 radical (unpaired) electrons. The molecule has 2 aromatic rings. The zero-order chi connectivity index (χ0) is 16.4. The van der Waals surface area contributed by atoms with Gasteiger partial charge in [0, 0.05) is 9.79 Å². The summed E-state index contributed by atoms with van der Waals surface area (Å²) >= 11 is 3.25. The molecule has 3 rings (SSSR count). The van der Waals surface area contributed by atoms with Crippen molar-refractivity contribution in [1.82, 2.24) is 0 Å². The number of hydrogen-bond acceptors (Lipinski definition) is 4. The molecule has 116 valence electrons. The Labute approximate surface area is 144 Å². The van der Waals surface area contributed by atoms with Crippen molar-refractivity contribution in [2.24, 2.45) is 0 Å². The molecule has 0 saturated carbocycles. The lowest BCUT2D eigenvalue weighted by Gasteiger charge is -2.32. The molecule has 1 aliphatic heterocycles. The number of rotatable bonds is 3. The molecule has 1 aliphatic rings. The summed E-state index contributed by atoms with van der Waals surface area (Å²) in [5, 5.41) is 9.02. The van der Waals surface area contributed by atoms with Gasteiger partial charge >= 0.3 is 0 Å². The number of carbonyl (C=O) groups is 1. The van der Waals surface area contributed by atoms with Crippen LogP contribution in [0.3, 0.4) is 0 Å².